The molecular formula is C8H9ClN2S. The predicted octanol–water partition coefficient (Wildman–Crippen LogP) is 2.42. The number of hydrogen-bond donors (Lipinski definition) is 2. The van der Waals surface area contributed by atoms with E-state index in [9.17, 15) is 0 Å². The highest BCUT2D eigenvalue weighted by atomic mass is 35.5. The van der Waals surface area contributed by atoms with Crippen LogP contribution in [0, 0.1) is 0 Å². The van der Waals surface area contributed by atoms with E-state index in [2.05, 4.69) is 17.9 Å². The molecule has 2 nitrogen and oxygen atoms in total. The van der Waals surface area contributed by atoms with E-state index >= 15 is 0 Å². The Morgan fingerprint density at radius 1 is 1.58 bits per heavy atom. The molecule has 1 aromatic carbocycles. The molecule has 0 spiro atoms. The summed E-state index contributed by atoms with van der Waals surface area (Å²) in [7, 11) is 1.98. The topological polar surface area (TPSA) is 15.3 Å². The van der Waals surface area contributed by atoms with Gasteiger partial charge in [0.25, 0.3) is 0 Å². The fourth-order valence-electron chi connectivity index (χ4n) is 1.29. The second-order valence-electron chi connectivity index (χ2n) is 2.79. The molecule has 0 radical (unpaired) electrons. The maximum Gasteiger partial charge on any atom is 0.145 e. The van der Waals surface area contributed by atoms with Crippen molar-refractivity contribution in [2.45, 2.75) is 5.50 Å². The van der Waals surface area contributed by atoms with Gasteiger partial charge in [0.1, 0.15) is 5.50 Å². The second kappa shape index (κ2) is 2.75. The molecule has 0 aromatic heterocycles. The lowest BCUT2D eigenvalue weighted by molar-refractivity contribution is 0.979. The molecule has 1 heterocycles. The van der Waals surface area contributed by atoms with Crippen LogP contribution in [0.4, 0.5) is 11.4 Å². The van der Waals surface area contributed by atoms with Crippen LogP contribution in [0.15, 0.2) is 18.2 Å². The van der Waals surface area contributed by atoms with Gasteiger partial charge in [-0.05, 0) is 18.2 Å². The average molecular weight is 201 g/mol. The standard InChI is InChI=1S/C8H9ClN2S/c1-11-7-4-5(9)2-3-6(7)10-8(11)12/h2-4,8,10,12H,1H3. The first-order valence-corrected chi connectivity index (χ1v) is 4.55. The lowest BCUT2D eigenvalue weighted by atomic mass is 10.3. The first kappa shape index (κ1) is 8.08. The fourth-order valence-corrected chi connectivity index (χ4v) is 1.72. The van der Waals surface area contributed by atoms with Gasteiger partial charge in [-0.3, -0.25) is 0 Å². The van der Waals surface area contributed by atoms with Gasteiger partial charge in [0, 0.05) is 12.1 Å². The van der Waals surface area contributed by atoms with Crippen LogP contribution in [0.2, 0.25) is 5.02 Å². The quantitative estimate of drug-likeness (QED) is 0.626. The summed E-state index contributed by atoms with van der Waals surface area (Å²) in [6.07, 6.45) is 0. The van der Waals surface area contributed by atoms with Gasteiger partial charge < -0.3 is 10.2 Å². The van der Waals surface area contributed by atoms with Gasteiger partial charge in [0.15, 0.2) is 0 Å². The first-order valence-electron chi connectivity index (χ1n) is 3.65. The number of hydrogen-bond acceptors (Lipinski definition) is 3. The molecule has 0 aliphatic carbocycles. The zero-order chi connectivity index (χ0) is 8.72. The Balaban J connectivity index is 2.48. The van der Waals surface area contributed by atoms with Crippen LogP contribution in [0.5, 0.6) is 0 Å². The van der Waals surface area contributed by atoms with Crippen molar-refractivity contribution in [2.75, 3.05) is 17.3 Å². The largest absolute Gasteiger partial charge is 0.355 e. The molecule has 4 heteroatoms. The third kappa shape index (κ3) is 1.13. The number of benzene rings is 1. The van der Waals surface area contributed by atoms with Crippen molar-refractivity contribution in [2.24, 2.45) is 0 Å². The van der Waals surface area contributed by atoms with Crippen LogP contribution in [0.3, 0.4) is 0 Å². The van der Waals surface area contributed by atoms with Crippen LogP contribution in [-0.2, 0) is 0 Å². The molecule has 2 rings (SSSR count). The van der Waals surface area contributed by atoms with E-state index in [1.165, 1.54) is 0 Å². The summed E-state index contributed by atoms with van der Waals surface area (Å²) in [5, 5.41) is 3.96. The number of halogens is 1. The summed E-state index contributed by atoms with van der Waals surface area (Å²) in [6.45, 7) is 0. The third-order valence-electron chi connectivity index (χ3n) is 1.99. The monoisotopic (exact) mass is 200 g/mol. The van der Waals surface area contributed by atoms with E-state index in [-0.39, 0.29) is 5.50 Å². The summed E-state index contributed by atoms with van der Waals surface area (Å²) in [5.41, 5.74) is 2.24. The zero-order valence-corrected chi connectivity index (χ0v) is 8.23. The minimum atomic E-state index is 0.0541. The smallest absolute Gasteiger partial charge is 0.145 e. The molecule has 0 saturated heterocycles. The number of nitrogens with zero attached hydrogens (tertiary/aromatic N) is 1. The number of rotatable bonds is 0. The molecule has 1 aliphatic heterocycles. The predicted molar refractivity (Wildman–Crippen MR) is 56.3 cm³/mol. The highest BCUT2D eigenvalue weighted by Crippen LogP contribution is 2.36. The molecule has 0 fully saturated rings. The van der Waals surface area contributed by atoms with Gasteiger partial charge in [-0.1, -0.05) is 11.6 Å². The fraction of sp³-hybridized carbons (Fsp3) is 0.250. The highest BCUT2D eigenvalue weighted by Gasteiger charge is 2.21. The van der Waals surface area contributed by atoms with Crippen molar-refractivity contribution in [3.05, 3.63) is 23.2 Å². The summed E-state index contributed by atoms with van der Waals surface area (Å²) in [6, 6.07) is 5.76. The molecule has 0 bridgehead atoms. The molecule has 0 amide bonds. The van der Waals surface area contributed by atoms with Gasteiger partial charge in [0.2, 0.25) is 0 Å². The minimum absolute atomic E-state index is 0.0541. The van der Waals surface area contributed by atoms with Crippen LogP contribution in [0.1, 0.15) is 0 Å². The highest BCUT2D eigenvalue weighted by molar-refractivity contribution is 7.81. The van der Waals surface area contributed by atoms with Crippen molar-refractivity contribution >= 4 is 35.6 Å². The third-order valence-corrected chi connectivity index (χ3v) is 2.70. The van der Waals surface area contributed by atoms with Gasteiger partial charge in [-0.15, -0.1) is 12.6 Å². The Bertz CT molecular complexity index is 316. The Morgan fingerprint density at radius 3 is 3.08 bits per heavy atom. The first-order chi connectivity index (χ1) is 5.68. The number of anilines is 2. The molecule has 1 N–H and O–H groups in total. The van der Waals surface area contributed by atoms with E-state index in [0.29, 0.717) is 0 Å². The van der Waals surface area contributed by atoms with E-state index in [0.717, 1.165) is 16.4 Å². The van der Waals surface area contributed by atoms with Crippen molar-refractivity contribution < 1.29 is 0 Å². The molecule has 12 heavy (non-hydrogen) atoms. The molecular weight excluding hydrogens is 192 g/mol. The van der Waals surface area contributed by atoms with Gasteiger partial charge >= 0.3 is 0 Å². The van der Waals surface area contributed by atoms with Crippen LogP contribution >= 0.6 is 24.2 Å². The maximum absolute atomic E-state index is 5.86. The Hall–Kier alpha value is -0.540. The summed E-state index contributed by atoms with van der Waals surface area (Å²) >= 11 is 10.2. The van der Waals surface area contributed by atoms with Gasteiger partial charge in [-0.25, -0.2) is 0 Å². The van der Waals surface area contributed by atoms with E-state index < -0.39 is 0 Å². The number of fused-ring (bicyclic) bond motifs is 1. The summed E-state index contributed by atoms with van der Waals surface area (Å²) in [4.78, 5) is 2.03. The molecule has 1 aliphatic rings. The van der Waals surface area contributed by atoms with Gasteiger partial charge in [0.05, 0.1) is 11.4 Å². The van der Waals surface area contributed by atoms with Crippen molar-refractivity contribution in [1.82, 2.24) is 0 Å². The lowest BCUT2D eigenvalue weighted by Crippen LogP contribution is -2.25. The number of thiol groups is 1. The molecule has 1 atom stereocenters. The SMILES string of the molecule is CN1c2cc(Cl)ccc2NC1S. The number of nitrogens with one attached hydrogen (secondary N) is 1. The normalized spacial score (nSPS) is 20.6. The molecule has 64 valence electrons. The molecule has 1 aromatic rings. The average Bonchev–Trinajstić information content (AvgIpc) is 2.31. The Kier molecular flexibility index (Phi) is 1.85. The Morgan fingerprint density at radius 2 is 2.33 bits per heavy atom. The van der Waals surface area contributed by atoms with E-state index in [4.69, 9.17) is 11.6 Å². The van der Waals surface area contributed by atoms with Crippen LogP contribution < -0.4 is 10.2 Å². The van der Waals surface area contributed by atoms with Crippen LogP contribution in [-0.4, -0.2) is 12.5 Å². The van der Waals surface area contributed by atoms with E-state index in [1.54, 1.807) is 0 Å². The van der Waals surface area contributed by atoms with Crippen molar-refractivity contribution in [3.8, 4) is 0 Å². The van der Waals surface area contributed by atoms with Gasteiger partial charge in [-0.2, -0.15) is 0 Å². The molecule has 1 unspecified atom stereocenters. The zero-order valence-electron chi connectivity index (χ0n) is 6.58. The van der Waals surface area contributed by atoms with Crippen molar-refractivity contribution in [1.29, 1.82) is 0 Å². The summed E-state index contributed by atoms with van der Waals surface area (Å²) < 4.78 is 0. The second-order valence-corrected chi connectivity index (χ2v) is 3.72. The van der Waals surface area contributed by atoms with E-state index in [1.807, 2.05) is 30.1 Å². The summed E-state index contributed by atoms with van der Waals surface area (Å²) in [5.74, 6) is 0. The minimum Gasteiger partial charge on any atom is -0.355 e. The maximum atomic E-state index is 5.86. The lowest BCUT2D eigenvalue weighted by Gasteiger charge is -2.16. The Labute approximate surface area is 81.9 Å². The van der Waals surface area contributed by atoms with Crippen LogP contribution in [0.25, 0.3) is 0 Å². The molecule has 0 saturated carbocycles. The van der Waals surface area contributed by atoms with Crippen molar-refractivity contribution in [3.63, 3.8) is 0 Å².